The Morgan fingerprint density at radius 1 is 1.36 bits per heavy atom. The van der Waals surface area contributed by atoms with Crippen LogP contribution in [0.4, 0.5) is 0 Å². The second kappa shape index (κ2) is 5.63. The monoisotopic (exact) mass is 194 g/mol. The maximum Gasteiger partial charge on any atom is 0.337 e. The number of hydrogen-bond acceptors (Lipinski definition) is 2. The van der Waals surface area contributed by atoms with E-state index in [0.29, 0.717) is 11.5 Å². The van der Waals surface area contributed by atoms with E-state index in [1.807, 2.05) is 6.08 Å². The molecule has 0 N–H and O–H groups in total. The Balaban J connectivity index is 2.61. The van der Waals surface area contributed by atoms with Crippen molar-refractivity contribution in [1.82, 2.24) is 0 Å². The first-order chi connectivity index (χ1) is 6.77. The Labute approximate surface area is 85.6 Å². The predicted octanol–water partition coefficient (Wildman–Crippen LogP) is 2.85. The van der Waals surface area contributed by atoms with Crippen LogP contribution in [-0.4, -0.2) is 13.1 Å². The fraction of sp³-hybridized carbons (Fsp3) is 0.583. The molecule has 2 heteroatoms. The molecule has 0 aromatic carbocycles. The SMILES string of the molecule is C=C/C(=C\C1CCCCC1)C(=O)OC. The van der Waals surface area contributed by atoms with Gasteiger partial charge < -0.3 is 4.74 Å². The topological polar surface area (TPSA) is 26.3 Å². The van der Waals surface area contributed by atoms with E-state index in [1.54, 1.807) is 6.08 Å². The first-order valence-electron chi connectivity index (χ1n) is 5.20. The molecule has 1 rings (SSSR count). The van der Waals surface area contributed by atoms with Gasteiger partial charge in [-0.25, -0.2) is 4.79 Å². The smallest absolute Gasteiger partial charge is 0.337 e. The van der Waals surface area contributed by atoms with E-state index >= 15 is 0 Å². The summed E-state index contributed by atoms with van der Waals surface area (Å²) in [7, 11) is 1.40. The van der Waals surface area contributed by atoms with Crippen LogP contribution in [0, 0.1) is 5.92 Å². The number of esters is 1. The maximum atomic E-state index is 11.3. The minimum atomic E-state index is -0.273. The van der Waals surface area contributed by atoms with Crippen LogP contribution in [0.15, 0.2) is 24.3 Å². The van der Waals surface area contributed by atoms with E-state index in [2.05, 4.69) is 11.3 Å². The van der Waals surface area contributed by atoms with Gasteiger partial charge in [0, 0.05) is 0 Å². The molecular formula is C12H18O2. The second-order valence-electron chi connectivity index (χ2n) is 3.72. The van der Waals surface area contributed by atoms with Crippen molar-refractivity contribution in [2.45, 2.75) is 32.1 Å². The van der Waals surface area contributed by atoms with Crippen LogP contribution < -0.4 is 0 Å². The van der Waals surface area contributed by atoms with Crippen molar-refractivity contribution in [2.24, 2.45) is 5.92 Å². The highest BCUT2D eigenvalue weighted by Gasteiger charge is 2.13. The molecule has 1 saturated carbocycles. The van der Waals surface area contributed by atoms with Crippen molar-refractivity contribution in [1.29, 1.82) is 0 Å². The van der Waals surface area contributed by atoms with Gasteiger partial charge in [-0.05, 0) is 18.8 Å². The summed E-state index contributed by atoms with van der Waals surface area (Å²) in [4.78, 5) is 11.3. The molecule has 1 fully saturated rings. The minimum Gasteiger partial charge on any atom is -0.465 e. The van der Waals surface area contributed by atoms with Crippen LogP contribution in [-0.2, 0) is 9.53 Å². The third-order valence-corrected chi connectivity index (χ3v) is 2.71. The quantitative estimate of drug-likeness (QED) is 0.392. The maximum absolute atomic E-state index is 11.3. The molecule has 0 spiro atoms. The van der Waals surface area contributed by atoms with Crippen LogP contribution in [0.3, 0.4) is 0 Å². The first kappa shape index (κ1) is 11.0. The number of carbonyl (C=O) groups excluding carboxylic acids is 1. The van der Waals surface area contributed by atoms with E-state index in [1.165, 1.54) is 39.2 Å². The summed E-state index contributed by atoms with van der Waals surface area (Å²) in [6.45, 7) is 3.63. The van der Waals surface area contributed by atoms with Crippen molar-refractivity contribution in [3.63, 3.8) is 0 Å². The molecule has 1 aliphatic carbocycles. The van der Waals surface area contributed by atoms with Crippen molar-refractivity contribution >= 4 is 5.97 Å². The Morgan fingerprint density at radius 3 is 2.50 bits per heavy atom. The number of carbonyl (C=O) groups is 1. The standard InChI is InChI=1S/C12H18O2/c1-3-11(12(13)14-2)9-10-7-5-4-6-8-10/h3,9-10H,1,4-8H2,2H3/b11-9+. The van der Waals surface area contributed by atoms with Crippen molar-refractivity contribution in [3.05, 3.63) is 24.3 Å². The molecule has 0 unspecified atom stereocenters. The van der Waals surface area contributed by atoms with Crippen LogP contribution in [0.1, 0.15) is 32.1 Å². The van der Waals surface area contributed by atoms with Gasteiger partial charge in [0.05, 0.1) is 12.7 Å². The Morgan fingerprint density at radius 2 is 2.00 bits per heavy atom. The molecule has 0 aromatic rings. The molecule has 0 radical (unpaired) electrons. The van der Waals surface area contributed by atoms with Crippen molar-refractivity contribution in [3.8, 4) is 0 Å². The molecule has 14 heavy (non-hydrogen) atoms. The summed E-state index contributed by atoms with van der Waals surface area (Å²) >= 11 is 0. The van der Waals surface area contributed by atoms with Gasteiger partial charge in [0.25, 0.3) is 0 Å². The van der Waals surface area contributed by atoms with Gasteiger partial charge in [-0.3, -0.25) is 0 Å². The number of ether oxygens (including phenoxy) is 1. The molecule has 0 aromatic heterocycles. The van der Waals surface area contributed by atoms with Gasteiger partial charge in [-0.2, -0.15) is 0 Å². The van der Waals surface area contributed by atoms with Crippen molar-refractivity contribution in [2.75, 3.05) is 7.11 Å². The van der Waals surface area contributed by atoms with Gasteiger partial charge in [0.1, 0.15) is 0 Å². The molecule has 0 heterocycles. The van der Waals surface area contributed by atoms with Gasteiger partial charge in [0.2, 0.25) is 0 Å². The zero-order valence-electron chi connectivity index (χ0n) is 8.79. The summed E-state index contributed by atoms with van der Waals surface area (Å²) in [5.41, 5.74) is 0.611. The summed E-state index contributed by atoms with van der Waals surface area (Å²) in [5.74, 6) is 0.265. The summed E-state index contributed by atoms with van der Waals surface area (Å²) in [6, 6.07) is 0. The van der Waals surface area contributed by atoms with E-state index < -0.39 is 0 Å². The Hall–Kier alpha value is -1.05. The van der Waals surface area contributed by atoms with Crippen LogP contribution >= 0.6 is 0 Å². The molecule has 1 aliphatic rings. The van der Waals surface area contributed by atoms with E-state index in [0.717, 1.165) is 0 Å². The average molecular weight is 194 g/mol. The Bertz CT molecular complexity index is 235. The lowest BCUT2D eigenvalue weighted by Crippen LogP contribution is -2.08. The molecule has 0 bridgehead atoms. The van der Waals surface area contributed by atoms with Crippen LogP contribution in [0.5, 0.6) is 0 Å². The number of hydrogen-bond donors (Lipinski definition) is 0. The average Bonchev–Trinajstić information content (AvgIpc) is 2.26. The van der Waals surface area contributed by atoms with E-state index in [9.17, 15) is 4.79 Å². The summed E-state index contributed by atoms with van der Waals surface area (Å²) in [5, 5.41) is 0. The minimum absolute atomic E-state index is 0.273. The molecule has 2 nitrogen and oxygen atoms in total. The zero-order valence-corrected chi connectivity index (χ0v) is 8.79. The summed E-state index contributed by atoms with van der Waals surface area (Å²) < 4.78 is 4.67. The van der Waals surface area contributed by atoms with Crippen LogP contribution in [0.2, 0.25) is 0 Å². The molecule has 0 atom stereocenters. The molecule has 0 aliphatic heterocycles. The van der Waals surface area contributed by atoms with Crippen LogP contribution in [0.25, 0.3) is 0 Å². The molecule has 78 valence electrons. The molecular weight excluding hydrogens is 176 g/mol. The third kappa shape index (κ3) is 3.02. The predicted molar refractivity (Wildman–Crippen MR) is 56.9 cm³/mol. The lowest BCUT2D eigenvalue weighted by Gasteiger charge is -2.18. The third-order valence-electron chi connectivity index (χ3n) is 2.71. The first-order valence-corrected chi connectivity index (χ1v) is 5.20. The largest absolute Gasteiger partial charge is 0.465 e. The van der Waals surface area contributed by atoms with Gasteiger partial charge in [-0.1, -0.05) is 38.0 Å². The lowest BCUT2D eigenvalue weighted by molar-refractivity contribution is -0.135. The normalized spacial score (nSPS) is 19.1. The van der Waals surface area contributed by atoms with E-state index in [-0.39, 0.29) is 5.97 Å². The highest BCUT2D eigenvalue weighted by molar-refractivity contribution is 5.91. The molecule has 0 amide bonds. The van der Waals surface area contributed by atoms with Gasteiger partial charge >= 0.3 is 5.97 Å². The number of allylic oxidation sites excluding steroid dienone is 1. The number of rotatable bonds is 3. The van der Waals surface area contributed by atoms with Gasteiger partial charge in [-0.15, -0.1) is 0 Å². The molecule has 0 saturated heterocycles. The number of methoxy groups -OCH3 is 1. The van der Waals surface area contributed by atoms with E-state index in [4.69, 9.17) is 0 Å². The Kier molecular flexibility index (Phi) is 4.44. The fourth-order valence-corrected chi connectivity index (χ4v) is 1.89. The van der Waals surface area contributed by atoms with Gasteiger partial charge in [0.15, 0.2) is 0 Å². The highest BCUT2D eigenvalue weighted by atomic mass is 16.5. The zero-order chi connectivity index (χ0) is 10.4. The lowest BCUT2D eigenvalue weighted by atomic mass is 9.88. The van der Waals surface area contributed by atoms with Crippen molar-refractivity contribution < 1.29 is 9.53 Å². The summed E-state index contributed by atoms with van der Waals surface area (Å²) in [6.07, 6.45) is 9.84. The fourth-order valence-electron chi connectivity index (χ4n) is 1.89. The highest BCUT2D eigenvalue weighted by Crippen LogP contribution is 2.25. The second-order valence-corrected chi connectivity index (χ2v) is 3.72.